The summed E-state index contributed by atoms with van der Waals surface area (Å²) in [5, 5.41) is 0.672. The minimum Gasteiger partial charge on any atom is -0.375 e. The molecule has 1 aromatic carbocycles. The maximum Gasteiger partial charge on any atom is 0.180 e. The van der Waals surface area contributed by atoms with E-state index in [1.807, 2.05) is 6.20 Å². The number of aromatic nitrogens is 1. The first-order valence-electron chi connectivity index (χ1n) is 7.48. The molecule has 112 valence electrons. The van der Waals surface area contributed by atoms with E-state index in [0.29, 0.717) is 5.13 Å². The summed E-state index contributed by atoms with van der Waals surface area (Å²) in [5.41, 5.74) is 7.11. The Morgan fingerprint density at radius 1 is 1.00 bits per heavy atom. The summed E-state index contributed by atoms with van der Waals surface area (Å²) in [7, 11) is 0. The summed E-state index contributed by atoms with van der Waals surface area (Å²) >= 11 is 1.60. The molecule has 1 aliphatic heterocycles. The molecule has 0 amide bonds. The normalized spacial score (nSPS) is 17.7. The molecule has 4 nitrogen and oxygen atoms in total. The molecule has 0 saturated carbocycles. The summed E-state index contributed by atoms with van der Waals surface area (Å²) in [6, 6.07) is 10.7. The predicted molar refractivity (Wildman–Crippen MR) is 88.1 cm³/mol. The molecule has 0 aliphatic carbocycles. The second kappa shape index (κ2) is 7.02. The first kappa shape index (κ1) is 14.5. The van der Waals surface area contributed by atoms with Crippen LogP contribution in [0.2, 0.25) is 0 Å². The van der Waals surface area contributed by atoms with Crippen LogP contribution in [-0.4, -0.2) is 41.0 Å². The number of anilines is 1. The number of nitrogens with two attached hydrogens (primary N) is 1. The van der Waals surface area contributed by atoms with Crippen molar-refractivity contribution in [3.63, 3.8) is 0 Å². The molecule has 2 N–H and O–H groups in total. The summed E-state index contributed by atoms with van der Waals surface area (Å²) in [6.07, 6.45) is 3.13. The molecule has 1 fully saturated rings. The number of rotatable bonds is 4. The first-order chi connectivity index (χ1) is 10.3. The van der Waals surface area contributed by atoms with Gasteiger partial charge in [0.15, 0.2) is 5.13 Å². The van der Waals surface area contributed by atoms with E-state index in [0.717, 1.165) is 32.7 Å². The summed E-state index contributed by atoms with van der Waals surface area (Å²) in [5.74, 6) is 0. The van der Waals surface area contributed by atoms with Crippen LogP contribution < -0.4 is 5.73 Å². The molecule has 1 aliphatic rings. The number of benzene rings is 1. The van der Waals surface area contributed by atoms with Gasteiger partial charge in [-0.25, -0.2) is 4.98 Å². The van der Waals surface area contributed by atoms with Crippen LogP contribution in [-0.2, 0) is 13.1 Å². The average Bonchev–Trinajstić information content (AvgIpc) is 2.77. The van der Waals surface area contributed by atoms with Crippen molar-refractivity contribution in [2.45, 2.75) is 19.5 Å². The van der Waals surface area contributed by atoms with E-state index in [1.165, 1.54) is 23.4 Å². The van der Waals surface area contributed by atoms with Crippen molar-refractivity contribution >= 4 is 16.5 Å². The second-order valence-electron chi connectivity index (χ2n) is 5.56. The summed E-state index contributed by atoms with van der Waals surface area (Å²) in [4.78, 5) is 10.5. The van der Waals surface area contributed by atoms with Gasteiger partial charge in [-0.1, -0.05) is 30.3 Å². The van der Waals surface area contributed by atoms with E-state index in [-0.39, 0.29) is 0 Å². The highest BCUT2D eigenvalue weighted by molar-refractivity contribution is 7.15. The largest absolute Gasteiger partial charge is 0.375 e. The Kier molecular flexibility index (Phi) is 4.85. The fraction of sp³-hybridized carbons (Fsp3) is 0.438. The number of hydrogen-bond donors (Lipinski definition) is 1. The van der Waals surface area contributed by atoms with E-state index in [2.05, 4.69) is 45.1 Å². The lowest BCUT2D eigenvalue weighted by Gasteiger charge is -2.21. The third-order valence-corrected chi connectivity index (χ3v) is 4.69. The van der Waals surface area contributed by atoms with Crippen molar-refractivity contribution in [2.24, 2.45) is 0 Å². The molecule has 1 saturated heterocycles. The number of nitrogens with zero attached hydrogens (tertiary/aromatic N) is 3. The van der Waals surface area contributed by atoms with Gasteiger partial charge in [-0.05, 0) is 25.1 Å². The second-order valence-corrected chi connectivity index (χ2v) is 6.70. The molecule has 2 aromatic rings. The molecule has 0 atom stereocenters. The van der Waals surface area contributed by atoms with E-state index in [4.69, 9.17) is 5.73 Å². The molecular weight excluding hydrogens is 280 g/mol. The minimum atomic E-state index is 0.672. The maximum absolute atomic E-state index is 5.70. The van der Waals surface area contributed by atoms with E-state index in [9.17, 15) is 0 Å². The third kappa shape index (κ3) is 4.27. The van der Waals surface area contributed by atoms with Crippen LogP contribution in [0, 0.1) is 0 Å². The average molecular weight is 302 g/mol. The lowest BCUT2D eigenvalue weighted by molar-refractivity contribution is 0.248. The SMILES string of the molecule is Nc1ncc(CN2CCCN(Cc3ccccc3)CC2)s1. The van der Waals surface area contributed by atoms with Gasteiger partial charge < -0.3 is 5.73 Å². The third-order valence-electron chi connectivity index (χ3n) is 3.88. The fourth-order valence-corrected chi connectivity index (χ4v) is 3.52. The van der Waals surface area contributed by atoms with Crippen molar-refractivity contribution in [3.8, 4) is 0 Å². The van der Waals surface area contributed by atoms with Gasteiger partial charge in [-0.15, -0.1) is 11.3 Å². The lowest BCUT2D eigenvalue weighted by Crippen LogP contribution is -2.30. The lowest BCUT2D eigenvalue weighted by atomic mass is 10.2. The molecule has 2 heterocycles. The summed E-state index contributed by atoms with van der Waals surface area (Å²) < 4.78 is 0. The molecule has 21 heavy (non-hydrogen) atoms. The van der Waals surface area contributed by atoms with Crippen molar-refractivity contribution in [1.82, 2.24) is 14.8 Å². The molecule has 3 rings (SSSR count). The summed E-state index contributed by atoms with van der Waals surface area (Å²) in [6.45, 7) is 6.61. The topological polar surface area (TPSA) is 45.4 Å². The molecule has 0 unspecified atom stereocenters. The van der Waals surface area contributed by atoms with Gasteiger partial charge in [0.1, 0.15) is 0 Å². The van der Waals surface area contributed by atoms with Crippen LogP contribution in [0.25, 0.3) is 0 Å². The van der Waals surface area contributed by atoms with E-state index >= 15 is 0 Å². The highest BCUT2D eigenvalue weighted by Gasteiger charge is 2.15. The standard InChI is InChI=1S/C16H22N4S/c17-16-18-11-15(21-16)13-20-8-4-7-19(9-10-20)12-14-5-2-1-3-6-14/h1-3,5-6,11H,4,7-10,12-13H2,(H2,17,18). The Labute approximate surface area is 130 Å². The smallest absolute Gasteiger partial charge is 0.180 e. The van der Waals surface area contributed by atoms with E-state index < -0.39 is 0 Å². The Balaban J connectivity index is 1.52. The van der Waals surface area contributed by atoms with Crippen LogP contribution >= 0.6 is 11.3 Å². The molecule has 1 aromatic heterocycles. The highest BCUT2D eigenvalue weighted by atomic mass is 32.1. The van der Waals surface area contributed by atoms with Gasteiger partial charge in [0.2, 0.25) is 0 Å². The zero-order chi connectivity index (χ0) is 14.5. The monoisotopic (exact) mass is 302 g/mol. The van der Waals surface area contributed by atoms with Gasteiger partial charge in [0.05, 0.1) is 0 Å². The maximum atomic E-state index is 5.70. The Hall–Kier alpha value is -1.43. The van der Waals surface area contributed by atoms with Crippen molar-refractivity contribution < 1.29 is 0 Å². The Morgan fingerprint density at radius 3 is 2.38 bits per heavy atom. The van der Waals surface area contributed by atoms with Gasteiger partial charge in [0.25, 0.3) is 0 Å². The number of thiazole rings is 1. The zero-order valence-electron chi connectivity index (χ0n) is 12.2. The van der Waals surface area contributed by atoms with Gasteiger partial charge >= 0.3 is 0 Å². The van der Waals surface area contributed by atoms with E-state index in [1.54, 1.807) is 11.3 Å². The van der Waals surface area contributed by atoms with Crippen molar-refractivity contribution in [3.05, 3.63) is 47.0 Å². The van der Waals surface area contributed by atoms with Crippen molar-refractivity contribution in [1.29, 1.82) is 0 Å². The Morgan fingerprint density at radius 2 is 1.71 bits per heavy atom. The zero-order valence-corrected chi connectivity index (χ0v) is 13.1. The Bertz CT molecular complexity index is 554. The number of nitrogen functional groups attached to an aromatic ring is 1. The van der Waals surface area contributed by atoms with Crippen LogP contribution in [0.15, 0.2) is 36.5 Å². The fourth-order valence-electron chi connectivity index (χ4n) is 2.80. The van der Waals surface area contributed by atoms with Crippen LogP contribution in [0.5, 0.6) is 0 Å². The minimum absolute atomic E-state index is 0.672. The van der Waals surface area contributed by atoms with Crippen LogP contribution in [0.3, 0.4) is 0 Å². The molecule has 0 radical (unpaired) electrons. The molecule has 0 bridgehead atoms. The quantitative estimate of drug-likeness (QED) is 0.942. The molecular formula is C16H22N4S. The van der Waals surface area contributed by atoms with Crippen LogP contribution in [0.1, 0.15) is 16.9 Å². The number of hydrogen-bond acceptors (Lipinski definition) is 5. The first-order valence-corrected chi connectivity index (χ1v) is 8.30. The molecule has 0 spiro atoms. The highest BCUT2D eigenvalue weighted by Crippen LogP contribution is 2.18. The van der Waals surface area contributed by atoms with Gasteiger partial charge in [-0.3, -0.25) is 9.80 Å². The molecule has 5 heteroatoms. The van der Waals surface area contributed by atoms with Crippen molar-refractivity contribution in [2.75, 3.05) is 31.9 Å². The predicted octanol–water partition coefficient (Wildman–Crippen LogP) is 2.43. The van der Waals surface area contributed by atoms with Crippen LogP contribution in [0.4, 0.5) is 5.13 Å². The van der Waals surface area contributed by atoms with Gasteiger partial charge in [0, 0.05) is 37.3 Å². The van der Waals surface area contributed by atoms with Gasteiger partial charge in [-0.2, -0.15) is 0 Å².